The van der Waals surface area contributed by atoms with E-state index in [9.17, 15) is 4.79 Å². The second kappa shape index (κ2) is 5.32. The molecular weight excluding hydrogens is 264 g/mol. The molecule has 1 amide bonds. The number of halogens is 1. The molecule has 3 N–H and O–H groups in total. The molecule has 0 aliphatic heterocycles. The van der Waals surface area contributed by atoms with Crippen LogP contribution < -0.4 is 11.1 Å². The van der Waals surface area contributed by atoms with Gasteiger partial charge in [0.15, 0.2) is 0 Å². The minimum atomic E-state index is -0.276. The van der Waals surface area contributed by atoms with Gasteiger partial charge in [0.2, 0.25) is 0 Å². The van der Waals surface area contributed by atoms with Gasteiger partial charge in [-0.15, -0.1) is 0 Å². The monoisotopic (exact) mass is 278 g/mol. The van der Waals surface area contributed by atoms with Crippen LogP contribution in [0.1, 0.15) is 23.1 Å². The first-order chi connectivity index (χ1) is 9.02. The Kier molecular flexibility index (Phi) is 3.76. The molecule has 2 aromatic rings. The number of benzene rings is 1. The number of nitrogens with two attached hydrogens (primary N) is 1. The quantitative estimate of drug-likeness (QED) is 0.907. The van der Waals surface area contributed by atoms with Crippen LogP contribution in [-0.4, -0.2) is 15.7 Å². The largest absolute Gasteiger partial charge is 0.395 e. The van der Waals surface area contributed by atoms with Crippen molar-refractivity contribution in [2.45, 2.75) is 20.4 Å². The maximum absolute atomic E-state index is 12.2. The van der Waals surface area contributed by atoms with Crippen LogP contribution in [0.4, 0.5) is 11.4 Å². The van der Waals surface area contributed by atoms with E-state index in [-0.39, 0.29) is 5.91 Å². The van der Waals surface area contributed by atoms with Crippen molar-refractivity contribution in [3.8, 4) is 0 Å². The van der Waals surface area contributed by atoms with E-state index in [1.807, 2.05) is 6.92 Å². The van der Waals surface area contributed by atoms with E-state index in [0.717, 1.165) is 0 Å². The number of aryl methyl sites for hydroxylation is 2. The normalized spacial score (nSPS) is 10.5. The Labute approximate surface area is 116 Å². The number of carbonyl (C=O) groups is 1. The Bertz CT molecular complexity index is 604. The zero-order valence-corrected chi connectivity index (χ0v) is 11.5. The maximum Gasteiger partial charge on any atom is 0.276 e. The standard InChI is InChI=1S/C13H15ClN4O/c1-3-18-12(11(15)8(2)17-18)13(19)16-10-6-4-9(14)5-7-10/h4-7H,3,15H2,1-2H3,(H,16,19). The Balaban J connectivity index is 2.27. The number of aromatic nitrogens is 2. The molecule has 0 aliphatic rings. The highest BCUT2D eigenvalue weighted by molar-refractivity contribution is 6.30. The van der Waals surface area contributed by atoms with Gasteiger partial charge in [0, 0.05) is 17.3 Å². The topological polar surface area (TPSA) is 72.9 Å². The van der Waals surface area contributed by atoms with Gasteiger partial charge in [-0.05, 0) is 38.1 Å². The lowest BCUT2D eigenvalue weighted by molar-refractivity contribution is 0.101. The maximum atomic E-state index is 12.2. The molecule has 0 saturated heterocycles. The number of rotatable bonds is 3. The minimum absolute atomic E-state index is 0.276. The molecule has 0 radical (unpaired) electrons. The van der Waals surface area contributed by atoms with Gasteiger partial charge in [-0.25, -0.2) is 0 Å². The Hall–Kier alpha value is -2.01. The highest BCUT2D eigenvalue weighted by Crippen LogP contribution is 2.19. The van der Waals surface area contributed by atoms with Crippen molar-refractivity contribution < 1.29 is 4.79 Å². The van der Waals surface area contributed by atoms with E-state index >= 15 is 0 Å². The summed E-state index contributed by atoms with van der Waals surface area (Å²) in [5.41, 5.74) is 8.01. The average molecular weight is 279 g/mol. The number of hydrogen-bond donors (Lipinski definition) is 2. The van der Waals surface area contributed by atoms with Crippen LogP contribution in [0.25, 0.3) is 0 Å². The van der Waals surface area contributed by atoms with E-state index in [4.69, 9.17) is 17.3 Å². The minimum Gasteiger partial charge on any atom is -0.395 e. The molecule has 0 atom stereocenters. The van der Waals surface area contributed by atoms with Gasteiger partial charge < -0.3 is 11.1 Å². The highest BCUT2D eigenvalue weighted by Gasteiger charge is 2.19. The van der Waals surface area contributed by atoms with Crippen molar-refractivity contribution in [1.82, 2.24) is 9.78 Å². The fraction of sp³-hybridized carbons (Fsp3) is 0.231. The van der Waals surface area contributed by atoms with E-state index < -0.39 is 0 Å². The lowest BCUT2D eigenvalue weighted by atomic mass is 10.2. The van der Waals surface area contributed by atoms with Crippen LogP contribution in [-0.2, 0) is 6.54 Å². The lowest BCUT2D eigenvalue weighted by Crippen LogP contribution is -2.18. The number of nitrogens with one attached hydrogen (secondary N) is 1. The van der Waals surface area contributed by atoms with Gasteiger partial charge in [0.05, 0.1) is 11.4 Å². The van der Waals surface area contributed by atoms with Crippen molar-refractivity contribution >= 4 is 28.9 Å². The zero-order valence-electron chi connectivity index (χ0n) is 10.8. The van der Waals surface area contributed by atoms with Crippen LogP contribution in [0, 0.1) is 6.92 Å². The first kappa shape index (κ1) is 13.4. The van der Waals surface area contributed by atoms with Gasteiger partial charge in [0.25, 0.3) is 5.91 Å². The summed E-state index contributed by atoms with van der Waals surface area (Å²) in [6.07, 6.45) is 0. The second-order valence-electron chi connectivity index (χ2n) is 4.12. The predicted molar refractivity (Wildman–Crippen MR) is 76.5 cm³/mol. The molecule has 0 aliphatic carbocycles. The molecule has 5 nitrogen and oxygen atoms in total. The molecule has 1 aromatic carbocycles. The third kappa shape index (κ3) is 2.71. The molecule has 0 fully saturated rings. The van der Waals surface area contributed by atoms with Crippen LogP contribution in [0.15, 0.2) is 24.3 Å². The van der Waals surface area contributed by atoms with Crippen molar-refractivity contribution in [2.75, 3.05) is 11.1 Å². The first-order valence-electron chi connectivity index (χ1n) is 5.92. The third-order valence-electron chi connectivity index (χ3n) is 2.79. The molecule has 0 saturated carbocycles. The fourth-order valence-corrected chi connectivity index (χ4v) is 1.91. The second-order valence-corrected chi connectivity index (χ2v) is 4.56. The summed E-state index contributed by atoms with van der Waals surface area (Å²) in [4.78, 5) is 12.2. The highest BCUT2D eigenvalue weighted by atomic mass is 35.5. The summed E-state index contributed by atoms with van der Waals surface area (Å²) >= 11 is 5.79. The predicted octanol–water partition coefficient (Wildman–Crippen LogP) is 2.70. The third-order valence-corrected chi connectivity index (χ3v) is 3.04. The number of carbonyl (C=O) groups excluding carboxylic acids is 1. The molecule has 100 valence electrons. The number of hydrogen-bond acceptors (Lipinski definition) is 3. The van der Waals surface area contributed by atoms with Gasteiger partial charge >= 0.3 is 0 Å². The fourth-order valence-electron chi connectivity index (χ4n) is 1.79. The average Bonchev–Trinajstić information content (AvgIpc) is 2.68. The summed E-state index contributed by atoms with van der Waals surface area (Å²) in [6, 6.07) is 6.89. The summed E-state index contributed by atoms with van der Waals surface area (Å²) in [5.74, 6) is -0.276. The van der Waals surface area contributed by atoms with Crippen LogP contribution >= 0.6 is 11.6 Å². The number of amides is 1. The summed E-state index contributed by atoms with van der Waals surface area (Å²) in [6.45, 7) is 4.27. The van der Waals surface area contributed by atoms with Gasteiger partial charge in [-0.1, -0.05) is 11.6 Å². The molecule has 0 unspecified atom stereocenters. The van der Waals surface area contributed by atoms with Crippen LogP contribution in [0.5, 0.6) is 0 Å². The molecule has 1 aromatic heterocycles. The summed E-state index contributed by atoms with van der Waals surface area (Å²) in [7, 11) is 0. The molecule has 1 heterocycles. The molecule has 6 heteroatoms. The molecule has 0 spiro atoms. The SMILES string of the molecule is CCn1nc(C)c(N)c1C(=O)Nc1ccc(Cl)cc1. The molecule has 2 rings (SSSR count). The van der Waals surface area contributed by atoms with Crippen molar-refractivity contribution in [3.05, 3.63) is 40.7 Å². The lowest BCUT2D eigenvalue weighted by Gasteiger charge is -2.07. The molecule has 19 heavy (non-hydrogen) atoms. The summed E-state index contributed by atoms with van der Waals surface area (Å²) in [5, 5.41) is 7.61. The van der Waals surface area contributed by atoms with Crippen molar-refractivity contribution in [3.63, 3.8) is 0 Å². The van der Waals surface area contributed by atoms with E-state index in [2.05, 4.69) is 10.4 Å². The summed E-state index contributed by atoms with van der Waals surface area (Å²) < 4.78 is 1.59. The number of nitrogen functional groups attached to an aromatic ring is 1. The number of nitrogens with zero attached hydrogens (tertiary/aromatic N) is 2. The Morgan fingerprint density at radius 2 is 2.05 bits per heavy atom. The first-order valence-corrected chi connectivity index (χ1v) is 6.30. The zero-order chi connectivity index (χ0) is 14.0. The molecule has 0 bridgehead atoms. The van der Waals surface area contributed by atoms with E-state index in [0.29, 0.717) is 34.3 Å². The van der Waals surface area contributed by atoms with Crippen molar-refractivity contribution in [2.24, 2.45) is 0 Å². The van der Waals surface area contributed by atoms with Gasteiger partial charge in [-0.2, -0.15) is 5.10 Å². The number of anilines is 2. The smallest absolute Gasteiger partial charge is 0.276 e. The van der Waals surface area contributed by atoms with Crippen molar-refractivity contribution in [1.29, 1.82) is 0 Å². The van der Waals surface area contributed by atoms with E-state index in [1.54, 1.807) is 35.9 Å². The van der Waals surface area contributed by atoms with Crippen LogP contribution in [0.3, 0.4) is 0 Å². The Morgan fingerprint density at radius 3 is 2.63 bits per heavy atom. The van der Waals surface area contributed by atoms with Gasteiger partial charge in [-0.3, -0.25) is 9.48 Å². The van der Waals surface area contributed by atoms with Gasteiger partial charge in [0.1, 0.15) is 5.69 Å². The van der Waals surface area contributed by atoms with E-state index in [1.165, 1.54) is 0 Å². The molecular formula is C13H15ClN4O. The van der Waals surface area contributed by atoms with Crippen LogP contribution in [0.2, 0.25) is 5.02 Å². The Morgan fingerprint density at radius 1 is 1.42 bits per heavy atom.